The van der Waals surface area contributed by atoms with Crippen molar-refractivity contribution < 1.29 is 24.1 Å². The van der Waals surface area contributed by atoms with Crippen LogP contribution >= 0.6 is 0 Å². The summed E-state index contributed by atoms with van der Waals surface area (Å²) in [4.78, 5) is 0. The molecule has 1 N–H and O–H groups in total. The molecule has 0 aliphatic heterocycles. The van der Waals surface area contributed by atoms with E-state index in [1.165, 1.54) is 0 Å². The molecule has 1 fully saturated rings. The predicted octanol–water partition coefficient (Wildman–Crippen LogP) is 1.63. The van der Waals surface area contributed by atoms with Gasteiger partial charge in [0.25, 0.3) is 0 Å². The van der Waals surface area contributed by atoms with Crippen LogP contribution in [0.25, 0.3) is 0 Å². The van der Waals surface area contributed by atoms with Crippen LogP contribution in [0.2, 0.25) is 0 Å². The molecule has 112 valence electrons. The normalized spacial score (nSPS) is 25.1. The van der Waals surface area contributed by atoms with E-state index in [-0.39, 0.29) is 12.2 Å². The first kappa shape index (κ1) is 15.1. The number of methoxy groups -OCH3 is 1. The van der Waals surface area contributed by atoms with Crippen molar-refractivity contribution in [1.82, 2.24) is 0 Å². The summed E-state index contributed by atoms with van der Waals surface area (Å²) in [5.74, 6) is 1.58. The molecular formula is C15H22O5. The van der Waals surface area contributed by atoms with Crippen molar-refractivity contribution in [3.05, 3.63) is 24.3 Å². The zero-order valence-corrected chi connectivity index (χ0v) is 12.0. The monoisotopic (exact) mass is 282 g/mol. The Kier molecular flexibility index (Phi) is 5.64. The predicted molar refractivity (Wildman–Crippen MR) is 74.3 cm³/mol. The van der Waals surface area contributed by atoms with E-state index in [0.29, 0.717) is 26.2 Å². The van der Waals surface area contributed by atoms with Crippen molar-refractivity contribution in [2.75, 3.05) is 26.9 Å². The van der Waals surface area contributed by atoms with Gasteiger partial charge in [0.1, 0.15) is 23.7 Å². The summed E-state index contributed by atoms with van der Waals surface area (Å²) in [5, 5.41) is 9.70. The van der Waals surface area contributed by atoms with E-state index in [1.54, 1.807) is 7.11 Å². The fourth-order valence-corrected chi connectivity index (χ4v) is 2.12. The molecule has 3 unspecified atom stereocenters. The van der Waals surface area contributed by atoms with Crippen molar-refractivity contribution in [1.29, 1.82) is 0 Å². The number of hydrogen-bond acceptors (Lipinski definition) is 5. The van der Waals surface area contributed by atoms with Gasteiger partial charge in [-0.3, -0.25) is 0 Å². The van der Waals surface area contributed by atoms with Crippen LogP contribution in [0.15, 0.2) is 24.3 Å². The first-order chi connectivity index (χ1) is 9.74. The zero-order chi connectivity index (χ0) is 14.4. The summed E-state index contributed by atoms with van der Waals surface area (Å²) in [5.41, 5.74) is 0. The molecule has 0 aromatic heterocycles. The van der Waals surface area contributed by atoms with E-state index >= 15 is 0 Å². The van der Waals surface area contributed by atoms with Gasteiger partial charge >= 0.3 is 0 Å². The second-order valence-corrected chi connectivity index (χ2v) is 4.69. The molecule has 0 amide bonds. The molecule has 2 rings (SSSR count). The summed E-state index contributed by atoms with van der Waals surface area (Å²) < 4.78 is 21.7. The van der Waals surface area contributed by atoms with Crippen molar-refractivity contribution >= 4 is 0 Å². The fraction of sp³-hybridized carbons (Fsp3) is 0.600. The van der Waals surface area contributed by atoms with Crippen LogP contribution < -0.4 is 9.47 Å². The Hall–Kier alpha value is -1.30. The summed E-state index contributed by atoms with van der Waals surface area (Å²) in [7, 11) is 1.62. The average Bonchev–Trinajstić information content (AvgIpc) is 2.45. The molecule has 1 aliphatic carbocycles. The van der Waals surface area contributed by atoms with Gasteiger partial charge in [0.2, 0.25) is 0 Å². The molecule has 20 heavy (non-hydrogen) atoms. The van der Waals surface area contributed by atoms with Gasteiger partial charge in [0.15, 0.2) is 0 Å². The number of aliphatic hydroxyl groups is 1. The minimum Gasteiger partial charge on any atom is -0.494 e. The van der Waals surface area contributed by atoms with E-state index < -0.39 is 6.10 Å². The Morgan fingerprint density at radius 3 is 2.45 bits per heavy atom. The number of rotatable bonds is 8. The minimum atomic E-state index is -0.459. The Morgan fingerprint density at radius 1 is 1.15 bits per heavy atom. The molecule has 0 heterocycles. The average molecular weight is 282 g/mol. The maximum absolute atomic E-state index is 9.70. The third-order valence-corrected chi connectivity index (χ3v) is 3.24. The fourth-order valence-electron chi connectivity index (χ4n) is 2.12. The van der Waals surface area contributed by atoms with Crippen LogP contribution in [0.5, 0.6) is 11.5 Å². The number of aliphatic hydroxyl groups excluding tert-OH is 1. The highest BCUT2D eigenvalue weighted by Crippen LogP contribution is 2.29. The maximum Gasteiger partial charge on any atom is 0.130 e. The molecule has 0 radical (unpaired) electrons. The lowest BCUT2D eigenvalue weighted by Crippen LogP contribution is -2.55. The van der Waals surface area contributed by atoms with Crippen molar-refractivity contribution in [2.45, 2.75) is 31.7 Å². The van der Waals surface area contributed by atoms with Crippen LogP contribution in [0.1, 0.15) is 13.3 Å². The lowest BCUT2D eigenvalue weighted by atomic mass is 9.88. The third-order valence-electron chi connectivity index (χ3n) is 3.24. The summed E-state index contributed by atoms with van der Waals surface area (Å²) in [6, 6.07) is 7.47. The molecule has 1 aromatic rings. The molecule has 1 aliphatic rings. The first-order valence-electron chi connectivity index (χ1n) is 6.92. The molecule has 5 nitrogen and oxygen atoms in total. The standard InChI is InChI=1S/C15H22O5/c1-3-18-11-4-6-12(7-5-11)20-14-10-13(16)15(14)19-9-8-17-2/h4-7,13-16H,3,8-10H2,1-2H3. The number of benzene rings is 1. The van der Waals surface area contributed by atoms with E-state index in [0.717, 1.165) is 11.5 Å². The first-order valence-corrected chi connectivity index (χ1v) is 6.92. The molecule has 0 spiro atoms. The Morgan fingerprint density at radius 2 is 1.85 bits per heavy atom. The smallest absolute Gasteiger partial charge is 0.130 e. The molecule has 1 saturated carbocycles. The number of ether oxygens (including phenoxy) is 4. The van der Waals surface area contributed by atoms with Crippen LogP contribution in [0, 0.1) is 0 Å². The summed E-state index contributed by atoms with van der Waals surface area (Å²) >= 11 is 0. The van der Waals surface area contributed by atoms with Crippen molar-refractivity contribution in [2.24, 2.45) is 0 Å². The van der Waals surface area contributed by atoms with Crippen LogP contribution in [-0.4, -0.2) is 50.3 Å². The Balaban J connectivity index is 1.82. The van der Waals surface area contributed by atoms with Crippen LogP contribution in [0.4, 0.5) is 0 Å². The number of hydrogen-bond donors (Lipinski definition) is 1. The third kappa shape index (κ3) is 3.85. The highest BCUT2D eigenvalue weighted by molar-refractivity contribution is 5.31. The van der Waals surface area contributed by atoms with Gasteiger partial charge in [-0.25, -0.2) is 0 Å². The van der Waals surface area contributed by atoms with E-state index in [1.807, 2.05) is 31.2 Å². The van der Waals surface area contributed by atoms with E-state index in [9.17, 15) is 5.11 Å². The topological polar surface area (TPSA) is 57.2 Å². The Labute approximate surface area is 119 Å². The molecule has 5 heteroatoms. The highest BCUT2D eigenvalue weighted by atomic mass is 16.6. The van der Waals surface area contributed by atoms with Crippen molar-refractivity contribution in [3.63, 3.8) is 0 Å². The van der Waals surface area contributed by atoms with Gasteiger partial charge in [0.05, 0.1) is 25.9 Å². The van der Waals surface area contributed by atoms with E-state index in [4.69, 9.17) is 18.9 Å². The van der Waals surface area contributed by atoms with Gasteiger partial charge < -0.3 is 24.1 Å². The second kappa shape index (κ2) is 7.47. The summed E-state index contributed by atoms with van der Waals surface area (Å²) in [6.07, 6.45) is -0.263. The van der Waals surface area contributed by atoms with Crippen LogP contribution in [-0.2, 0) is 9.47 Å². The minimum absolute atomic E-state index is 0.111. The molecule has 1 aromatic carbocycles. The largest absolute Gasteiger partial charge is 0.494 e. The molecular weight excluding hydrogens is 260 g/mol. The Bertz CT molecular complexity index is 392. The van der Waals surface area contributed by atoms with Gasteiger partial charge in [0, 0.05) is 13.5 Å². The van der Waals surface area contributed by atoms with Gasteiger partial charge in [-0.2, -0.15) is 0 Å². The lowest BCUT2D eigenvalue weighted by molar-refractivity contribution is -0.167. The summed E-state index contributed by atoms with van der Waals surface area (Å²) in [6.45, 7) is 3.56. The molecule has 0 bridgehead atoms. The quantitative estimate of drug-likeness (QED) is 0.734. The highest BCUT2D eigenvalue weighted by Gasteiger charge is 2.42. The zero-order valence-electron chi connectivity index (χ0n) is 12.0. The van der Waals surface area contributed by atoms with E-state index in [2.05, 4.69) is 0 Å². The van der Waals surface area contributed by atoms with Gasteiger partial charge in [-0.15, -0.1) is 0 Å². The maximum atomic E-state index is 9.70. The molecule has 3 atom stereocenters. The SMILES string of the molecule is CCOc1ccc(OC2CC(O)C2OCCOC)cc1. The lowest BCUT2D eigenvalue weighted by Gasteiger charge is -2.40. The van der Waals surface area contributed by atoms with Gasteiger partial charge in [-0.1, -0.05) is 0 Å². The second-order valence-electron chi connectivity index (χ2n) is 4.69. The molecule has 0 saturated heterocycles. The van der Waals surface area contributed by atoms with Crippen molar-refractivity contribution in [3.8, 4) is 11.5 Å². The van der Waals surface area contributed by atoms with Gasteiger partial charge in [-0.05, 0) is 31.2 Å². The van der Waals surface area contributed by atoms with Crippen LogP contribution in [0.3, 0.4) is 0 Å².